The Morgan fingerprint density at radius 2 is 2.10 bits per heavy atom. The van der Waals surface area contributed by atoms with E-state index in [4.69, 9.17) is 0 Å². The van der Waals surface area contributed by atoms with Crippen molar-refractivity contribution in [3.05, 3.63) is 46.2 Å². The van der Waals surface area contributed by atoms with Crippen molar-refractivity contribution in [3.8, 4) is 0 Å². The Kier molecular flexibility index (Phi) is 4.95. The molecule has 0 saturated carbocycles. The van der Waals surface area contributed by atoms with Crippen LogP contribution in [-0.4, -0.2) is 23.6 Å². The summed E-state index contributed by atoms with van der Waals surface area (Å²) >= 11 is 3.58. The lowest BCUT2D eigenvalue weighted by atomic mass is 10.1. The molecule has 0 aliphatic rings. The molecule has 0 fully saturated rings. The second kappa shape index (κ2) is 6.70. The summed E-state index contributed by atoms with van der Waals surface area (Å²) in [4.78, 5) is 10.7. The third kappa shape index (κ3) is 3.48. The Morgan fingerprint density at radius 3 is 2.80 bits per heavy atom. The Balaban J connectivity index is 2.21. The van der Waals surface area contributed by atoms with Crippen molar-refractivity contribution in [1.82, 2.24) is 9.97 Å². The highest BCUT2D eigenvalue weighted by atomic mass is 79.9. The van der Waals surface area contributed by atoms with Crippen LogP contribution in [0.15, 0.2) is 35.1 Å². The SMILES string of the molecule is CCNc1ncnc(N(C)Cc2cccc(C)c2)c1Br. The number of halogens is 1. The van der Waals surface area contributed by atoms with Crippen molar-refractivity contribution in [2.24, 2.45) is 0 Å². The van der Waals surface area contributed by atoms with E-state index in [1.54, 1.807) is 6.33 Å². The summed E-state index contributed by atoms with van der Waals surface area (Å²) in [7, 11) is 2.03. The number of rotatable bonds is 5. The van der Waals surface area contributed by atoms with Crippen LogP contribution in [0.25, 0.3) is 0 Å². The minimum Gasteiger partial charge on any atom is -0.369 e. The van der Waals surface area contributed by atoms with E-state index in [0.717, 1.165) is 29.2 Å². The Labute approximate surface area is 128 Å². The van der Waals surface area contributed by atoms with E-state index in [1.165, 1.54) is 11.1 Å². The highest BCUT2D eigenvalue weighted by Gasteiger charge is 2.12. The first-order valence-corrected chi connectivity index (χ1v) is 7.42. The fourth-order valence-corrected chi connectivity index (χ4v) is 2.72. The Morgan fingerprint density at radius 1 is 1.30 bits per heavy atom. The van der Waals surface area contributed by atoms with E-state index in [1.807, 2.05) is 14.0 Å². The third-order valence-electron chi connectivity index (χ3n) is 2.98. The van der Waals surface area contributed by atoms with Crippen molar-refractivity contribution >= 4 is 27.6 Å². The van der Waals surface area contributed by atoms with Crippen molar-refractivity contribution < 1.29 is 0 Å². The number of hydrogen-bond donors (Lipinski definition) is 1. The molecule has 0 aliphatic carbocycles. The molecule has 2 rings (SSSR count). The average molecular weight is 335 g/mol. The maximum absolute atomic E-state index is 4.37. The number of nitrogens with one attached hydrogen (secondary N) is 1. The van der Waals surface area contributed by atoms with Gasteiger partial charge in [0.2, 0.25) is 0 Å². The van der Waals surface area contributed by atoms with Crippen LogP contribution in [-0.2, 0) is 6.54 Å². The summed E-state index contributed by atoms with van der Waals surface area (Å²) in [6.45, 7) is 5.79. The molecule has 0 spiro atoms. The molecule has 2 aromatic rings. The lowest BCUT2D eigenvalue weighted by molar-refractivity contribution is 0.884. The number of anilines is 2. The third-order valence-corrected chi connectivity index (χ3v) is 3.71. The van der Waals surface area contributed by atoms with Gasteiger partial charge in [0.15, 0.2) is 0 Å². The highest BCUT2D eigenvalue weighted by Crippen LogP contribution is 2.29. The van der Waals surface area contributed by atoms with E-state index >= 15 is 0 Å². The van der Waals surface area contributed by atoms with Crippen molar-refractivity contribution in [2.75, 3.05) is 23.8 Å². The molecule has 4 nitrogen and oxygen atoms in total. The van der Waals surface area contributed by atoms with Crippen LogP contribution >= 0.6 is 15.9 Å². The van der Waals surface area contributed by atoms with Crippen LogP contribution in [0.2, 0.25) is 0 Å². The van der Waals surface area contributed by atoms with E-state index in [9.17, 15) is 0 Å². The standard InChI is InChI=1S/C15H19BrN4/c1-4-17-14-13(16)15(19-10-18-14)20(3)9-12-7-5-6-11(2)8-12/h5-8,10H,4,9H2,1-3H3,(H,17,18,19). The summed E-state index contributed by atoms with van der Waals surface area (Å²) in [6, 6.07) is 8.51. The first-order valence-electron chi connectivity index (χ1n) is 6.63. The molecular formula is C15H19BrN4. The maximum Gasteiger partial charge on any atom is 0.148 e. The van der Waals surface area contributed by atoms with Gasteiger partial charge in [-0.1, -0.05) is 29.8 Å². The lowest BCUT2D eigenvalue weighted by Gasteiger charge is -2.20. The first-order chi connectivity index (χ1) is 9.61. The molecule has 106 valence electrons. The normalized spacial score (nSPS) is 10.4. The van der Waals surface area contributed by atoms with Crippen LogP contribution < -0.4 is 10.2 Å². The van der Waals surface area contributed by atoms with Crippen LogP contribution in [0.1, 0.15) is 18.1 Å². The Bertz CT molecular complexity index is 586. The zero-order valence-corrected chi connectivity index (χ0v) is 13.6. The zero-order valence-electron chi connectivity index (χ0n) is 12.0. The zero-order chi connectivity index (χ0) is 14.5. The predicted octanol–water partition coefficient (Wildman–Crippen LogP) is 3.62. The minimum atomic E-state index is 0.808. The molecule has 0 aliphatic heterocycles. The molecule has 0 unspecified atom stereocenters. The highest BCUT2D eigenvalue weighted by molar-refractivity contribution is 9.10. The van der Waals surface area contributed by atoms with Crippen LogP contribution in [0.5, 0.6) is 0 Å². The Hall–Kier alpha value is -1.62. The molecule has 0 amide bonds. The summed E-state index contributed by atoms with van der Waals surface area (Å²) < 4.78 is 0.900. The van der Waals surface area contributed by atoms with Crippen molar-refractivity contribution in [3.63, 3.8) is 0 Å². The number of nitrogens with zero attached hydrogens (tertiary/aromatic N) is 3. The number of aryl methyl sites for hydroxylation is 1. The summed E-state index contributed by atoms with van der Waals surface area (Å²) in [5.74, 6) is 1.71. The van der Waals surface area contributed by atoms with Gasteiger partial charge in [0.25, 0.3) is 0 Å². The largest absolute Gasteiger partial charge is 0.369 e. The first kappa shape index (κ1) is 14.8. The predicted molar refractivity (Wildman–Crippen MR) is 87.2 cm³/mol. The molecule has 1 heterocycles. The van der Waals surface area contributed by atoms with Crippen LogP contribution in [0, 0.1) is 6.92 Å². The topological polar surface area (TPSA) is 41.1 Å². The lowest BCUT2D eigenvalue weighted by Crippen LogP contribution is -2.19. The molecular weight excluding hydrogens is 316 g/mol. The number of benzene rings is 1. The van der Waals surface area contributed by atoms with E-state index in [0.29, 0.717) is 0 Å². The van der Waals surface area contributed by atoms with Gasteiger partial charge < -0.3 is 10.2 Å². The molecule has 5 heteroatoms. The van der Waals surface area contributed by atoms with Gasteiger partial charge in [-0.25, -0.2) is 9.97 Å². The van der Waals surface area contributed by atoms with Gasteiger partial charge in [-0.15, -0.1) is 0 Å². The second-order valence-corrected chi connectivity index (χ2v) is 5.53. The van der Waals surface area contributed by atoms with Crippen molar-refractivity contribution in [1.29, 1.82) is 0 Å². The molecule has 0 bridgehead atoms. The van der Waals surface area contributed by atoms with Crippen LogP contribution in [0.4, 0.5) is 11.6 Å². The summed E-state index contributed by atoms with van der Waals surface area (Å²) in [5, 5.41) is 3.22. The van der Waals surface area contributed by atoms with Gasteiger partial charge >= 0.3 is 0 Å². The quantitative estimate of drug-likeness (QED) is 0.906. The summed E-state index contributed by atoms with van der Waals surface area (Å²) in [6.07, 6.45) is 1.59. The van der Waals surface area contributed by atoms with E-state index in [2.05, 4.69) is 67.3 Å². The van der Waals surface area contributed by atoms with E-state index in [-0.39, 0.29) is 0 Å². The molecule has 0 radical (unpaired) electrons. The van der Waals surface area contributed by atoms with Gasteiger partial charge in [-0.05, 0) is 35.3 Å². The second-order valence-electron chi connectivity index (χ2n) is 4.74. The van der Waals surface area contributed by atoms with E-state index < -0.39 is 0 Å². The van der Waals surface area contributed by atoms with Gasteiger partial charge in [-0.3, -0.25) is 0 Å². The molecule has 0 atom stereocenters. The maximum atomic E-state index is 4.37. The number of hydrogen-bond acceptors (Lipinski definition) is 4. The van der Waals surface area contributed by atoms with Gasteiger partial charge in [0, 0.05) is 20.1 Å². The fraction of sp³-hybridized carbons (Fsp3) is 0.333. The molecule has 1 aromatic heterocycles. The smallest absolute Gasteiger partial charge is 0.148 e. The van der Waals surface area contributed by atoms with Gasteiger partial charge in [0.1, 0.15) is 22.4 Å². The summed E-state index contributed by atoms with van der Waals surface area (Å²) in [5.41, 5.74) is 2.54. The van der Waals surface area contributed by atoms with Crippen LogP contribution in [0.3, 0.4) is 0 Å². The average Bonchev–Trinajstić information content (AvgIpc) is 2.41. The van der Waals surface area contributed by atoms with Gasteiger partial charge in [-0.2, -0.15) is 0 Å². The monoisotopic (exact) mass is 334 g/mol. The molecule has 1 N–H and O–H groups in total. The molecule has 0 saturated heterocycles. The molecule has 20 heavy (non-hydrogen) atoms. The molecule has 1 aromatic carbocycles. The number of aromatic nitrogens is 2. The minimum absolute atomic E-state index is 0.808. The van der Waals surface area contributed by atoms with Crippen molar-refractivity contribution in [2.45, 2.75) is 20.4 Å². The van der Waals surface area contributed by atoms with Gasteiger partial charge in [0.05, 0.1) is 0 Å². The fourth-order valence-electron chi connectivity index (χ4n) is 2.08.